The Bertz CT molecular complexity index is 467. The third-order valence-corrected chi connectivity index (χ3v) is 3.66. The third kappa shape index (κ3) is 7.40. The smallest absolute Gasteiger partial charge is 0.322 e. The largest absolute Gasteiger partial charge is 0.480 e. The minimum Gasteiger partial charge on any atom is -0.480 e. The first-order valence-corrected chi connectivity index (χ1v) is 7.93. The summed E-state index contributed by atoms with van der Waals surface area (Å²) in [6, 6.07) is -1.72. The van der Waals surface area contributed by atoms with E-state index >= 15 is 0 Å². The van der Waals surface area contributed by atoms with Crippen molar-refractivity contribution in [3.05, 3.63) is 0 Å². The number of carboxylic acid groups (broad SMARTS) is 1. The molecular formula is C15H28N4O5. The van der Waals surface area contributed by atoms with Crippen LogP contribution in [0.2, 0.25) is 0 Å². The molecule has 0 bridgehead atoms. The lowest BCUT2D eigenvalue weighted by Crippen LogP contribution is -2.57. The summed E-state index contributed by atoms with van der Waals surface area (Å²) in [5, 5.41) is 16.0. The number of rotatable bonds is 10. The van der Waals surface area contributed by atoms with Gasteiger partial charge in [-0.25, -0.2) is 0 Å². The summed E-state index contributed by atoms with van der Waals surface area (Å²) in [5.74, 6) is -3.15. The van der Waals surface area contributed by atoms with Crippen LogP contribution in [0.4, 0.5) is 0 Å². The SMILES string of the molecule is CCC(C)C(NC(=O)C(NC(=O)CN)C(C)C)C(=O)NCC(=O)O. The summed E-state index contributed by atoms with van der Waals surface area (Å²) in [7, 11) is 0. The van der Waals surface area contributed by atoms with Crippen molar-refractivity contribution in [2.24, 2.45) is 17.6 Å². The fourth-order valence-corrected chi connectivity index (χ4v) is 1.98. The van der Waals surface area contributed by atoms with Gasteiger partial charge in [0.25, 0.3) is 0 Å². The molecule has 0 rings (SSSR count). The zero-order chi connectivity index (χ0) is 18.9. The number of carbonyl (C=O) groups is 4. The minimum absolute atomic E-state index is 0.208. The molecule has 138 valence electrons. The number of carboxylic acids is 1. The molecule has 0 aliphatic heterocycles. The van der Waals surface area contributed by atoms with E-state index in [4.69, 9.17) is 10.8 Å². The van der Waals surface area contributed by atoms with Crippen molar-refractivity contribution in [1.29, 1.82) is 0 Å². The van der Waals surface area contributed by atoms with Crippen LogP contribution in [0, 0.1) is 11.8 Å². The minimum atomic E-state index is -1.17. The van der Waals surface area contributed by atoms with Crippen LogP contribution in [0.25, 0.3) is 0 Å². The van der Waals surface area contributed by atoms with Gasteiger partial charge in [0, 0.05) is 0 Å². The quantitative estimate of drug-likeness (QED) is 0.336. The van der Waals surface area contributed by atoms with Crippen molar-refractivity contribution in [2.75, 3.05) is 13.1 Å². The maximum Gasteiger partial charge on any atom is 0.322 e. The second kappa shape index (κ2) is 10.6. The number of nitrogens with one attached hydrogen (secondary N) is 3. The molecule has 0 aromatic carbocycles. The molecule has 3 atom stereocenters. The standard InChI is InChI=1S/C15H28N4O5/c1-5-9(4)13(14(23)17-7-11(21)22)19-15(24)12(8(2)3)18-10(20)6-16/h8-9,12-13H,5-7,16H2,1-4H3,(H,17,23)(H,18,20)(H,19,24)(H,21,22). The lowest BCUT2D eigenvalue weighted by Gasteiger charge is -2.27. The van der Waals surface area contributed by atoms with E-state index < -0.39 is 42.3 Å². The van der Waals surface area contributed by atoms with Crippen LogP contribution in [0.15, 0.2) is 0 Å². The van der Waals surface area contributed by atoms with Gasteiger partial charge in [-0.05, 0) is 11.8 Å². The van der Waals surface area contributed by atoms with Crippen LogP contribution < -0.4 is 21.7 Å². The second-order valence-corrected chi connectivity index (χ2v) is 5.98. The van der Waals surface area contributed by atoms with Gasteiger partial charge in [0.15, 0.2) is 0 Å². The van der Waals surface area contributed by atoms with Gasteiger partial charge in [-0.2, -0.15) is 0 Å². The molecule has 0 heterocycles. The van der Waals surface area contributed by atoms with Crippen LogP contribution in [-0.2, 0) is 19.2 Å². The number of hydrogen-bond acceptors (Lipinski definition) is 5. The van der Waals surface area contributed by atoms with Gasteiger partial charge in [0.2, 0.25) is 17.7 Å². The lowest BCUT2D eigenvalue weighted by atomic mass is 9.96. The predicted octanol–water partition coefficient (Wildman–Crippen LogP) is -1.18. The normalized spacial score (nSPS) is 14.4. The topological polar surface area (TPSA) is 151 Å². The Morgan fingerprint density at radius 3 is 2.00 bits per heavy atom. The molecule has 0 aromatic heterocycles. The van der Waals surface area contributed by atoms with E-state index in [2.05, 4.69) is 16.0 Å². The third-order valence-electron chi connectivity index (χ3n) is 3.66. The van der Waals surface area contributed by atoms with Gasteiger partial charge in [-0.1, -0.05) is 34.1 Å². The molecule has 9 nitrogen and oxygen atoms in total. The monoisotopic (exact) mass is 344 g/mol. The summed E-state index contributed by atoms with van der Waals surface area (Å²) in [6.07, 6.45) is 0.604. The highest BCUT2D eigenvalue weighted by molar-refractivity contribution is 5.93. The number of aliphatic carboxylic acids is 1. The summed E-state index contributed by atoms with van der Waals surface area (Å²) in [5.41, 5.74) is 5.24. The molecule has 24 heavy (non-hydrogen) atoms. The van der Waals surface area contributed by atoms with E-state index in [-0.39, 0.29) is 18.4 Å². The molecule has 0 spiro atoms. The Hall–Kier alpha value is -2.16. The number of carbonyl (C=O) groups excluding carboxylic acids is 3. The molecule has 6 N–H and O–H groups in total. The molecule has 3 amide bonds. The fraction of sp³-hybridized carbons (Fsp3) is 0.733. The van der Waals surface area contributed by atoms with Crippen molar-refractivity contribution < 1.29 is 24.3 Å². The zero-order valence-electron chi connectivity index (χ0n) is 14.6. The van der Waals surface area contributed by atoms with Gasteiger partial charge in [-0.15, -0.1) is 0 Å². The van der Waals surface area contributed by atoms with Crippen LogP contribution in [-0.4, -0.2) is 54.0 Å². The Balaban J connectivity index is 5.09. The van der Waals surface area contributed by atoms with E-state index in [1.165, 1.54) is 0 Å². The van der Waals surface area contributed by atoms with Crippen molar-refractivity contribution in [3.63, 3.8) is 0 Å². The van der Waals surface area contributed by atoms with Gasteiger partial charge in [-0.3, -0.25) is 19.2 Å². The van der Waals surface area contributed by atoms with Crippen LogP contribution in [0.5, 0.6) is 0 Å². The lowest BCUT2D eigenvalue weighted by molar-refractivity contribution is -0.139. The first kappa shape index (κ1) is 21.8. The number of nitrogens with two attached hydrogens (primary N) is 1. The Labute approximate surface area is 141 Å². The highest BCUT2D eigenvalue weighted by Gasteiger charge is 2.31. The van der Waals surface area contributed by atoms with Crippen molar-refractivity contribution in [1.82, 2.24) is 16.0 Å². The average molecular weight is 344 g/mol. The predicted molar refractivity (Wildman–Crippen MR) is 87.9 cm³/mol. The molecule has 3 unspecified atom stereocenters. The molecule has 0 aliphatic carbocycles. The van der Waals surface area contributed by atoms with Crippen molar-refractivity contribution >= 4 is 23.7 Å². The maximum atomic E-state index is 12.4. The van der Waals surface area contributed by atoms with E-state index in [1.807, 2.05) is 6.92 Å². The van der Waals surface area contributed by atoms with Crippen LogP contribution in [0.1, 0.15) is 34.1 Å². The van der Waals surface area contributed by atoms with E-state index in [1.54, 1.807) is 20.8 Å². The molecule has 0 fully saturated rings. The van der Waals surface area contributed by atoms with Gasteiger partial charge < -0.3 is 26.8 Å². The zero-order valence-corrected chi connectivity index (χ0v) is 14.6. The summed E-state index contributed by atoms with van der Waals surface area (Å²) < 4.78 is 0. The Kier molecular flexibility index (Phi) is 9.63. The Morgan fingerprint density at radius 2 is 1.58 bits per heavy atom. The molecule has 0 aromatic rings. The highest BCUT2D eigenvalue weighted by Crippen LogP contribution is 2.10. The second-order valence-electron chi connectivity index (χ2n) is 5.98. The van der Waals surface area contributed by atoms with E-state index in [0.717, 1.165) is 0 Å². The average Bonchev–Trinajstić information content (AvgIpc) is 2.53. The summed E-state index contributed by atoms with van der Waals surface area (Å²) in [6.45, 7) is 6.36. The van der Waals surface area contributed by atoms with E-state index in [9.17, 15) is 19.2 Å². The summed E-state index contributed by atoms with van der Waals surface area (Å²) in [4.78, 5) is 46.6. The van der Waals surface area contributed by atoms with Gasteiger partial charge in [0.1, 0.15) is 18.6 Å². The van der Waals surface area contributed by atoms with Crippen molar-refractivity contribution in [2.45, 2.75) is 46.2 Å². The van der Waals surface area contributed by atoms with Gasteiger partial charge >= 0.3 is 5.97 Å². The first-order valence-electron chi connectivity index (χ1n) is 7.93. The molecule has 0 saturated heterocycles. The summed E-state index contributed by atoms with van der Waals surface area (Å²) >= 11 is 0. The van der Waals surface area contributed by atoms with E-state index in [0.29, 0.717) is 6.42 Å². The molecule has 0 saturated carbocycles. The van der Waals surface area contributed by atoms with Crippen LogP contribution in [0.3, 0.4) is 0 Å². The molecular weight excluding hydrogens is 316 g/mol. The fourth-order valence-electron chi connectivity index (χ4n) is 1.98. The highest BCUT2D eigenvalue weighted by atomic mass is 16.4. The van der Waals surface area contributed by atoms with Gasteiger partial charge in [0.05, 0.1) is 6.54 Å². The Morgan fingerprint density at radius 1 is 1.00 bits per heavy atom. The molecule has 9 heteroatoms. The number of hydrogen-bond donors (Lipinski definition) is 5. The van der Waals surface area contributed by atoms with Crippen LogP contribution >= 0.6 is 0 Å². The van der Waals surface area contributed by atoms with Crippen molar-refractivity contribution in [3.8, 4) is 0 Å². The molecule has 0 radical (unpaired) electrons. The first-order chi connectivity index (χ1) is 11.1. The molecule has 0 aliphatic rings. The number of amides is 3. The maximum absolute atomic E-state index is 12.4.